The second-order valence-corrected chi connectivity index (χ2v) is 6.80. The first kappa shape index (κ1) is 19.2. The molecule has 0 rings (SSSR count). The van der Waals surface area contributed by atoms with Crippen LogP contribution in [0.1, 0.15) is 67.7 Å². The molecule has 3 atom stereocenters. The van der Waals surface area contributed by atoms with Crippen molar-refractivity contribution in [2.45, 2.75) is 85.4 Å². The van der Waals surface area contributed by atoms with Gasteiger partial charge in [-0.25, -0.2) is 4.79 Å². The molecule has 20 heavy (non-hydrogen) atoms. The van der Waals surface area contributed by atoms with Crippen molar-refractivity contribution in [3.05, 3.63) is 0 Å². The number of carbonyl (C=O) groups is 1. The van der Waals surface area contributed by atoms with Gasteiger partial charge in [-0.05, 0) is 46.5 Å². The van der Waals surface area contributed by atoms with Crippen LogP contribution in [0.2, 0.25) is 0 Å². The van der Waals surface area contributed by atoms with E-state index < -0.39 is 5.60 Å². The largest absolute Gasteiger partial charge is 0.444 e. The van der Waals surface area contributed by atoms with Crippen LogP contribution in [0.25, 0.3) is 0 Å². The third-order valence-corrected chi connectivity index (χ3v) is 3.35. The highest BCUT2D eigenvalue weighted by Crippen LogP contribution is 2.12. The van der Waals surface area contributed by atoms with Gasteiger partial charge in [0, 0.05) is 18.6 Å². The Bertz CT molecular complexity index is 274. The summed E-state index contributed by atoms with van der Waals surface area (Å²) in [6.45, 7) is 15.0. The summed E-state index contributed by atoms with van der Waals surface area (Å²) < 4.78 is 5.22. The minimum atomic E-state index is -0.441. The lowest BCUT2D eigenvalue weighted by molar-refractivity contribution is 0.0522. The van der Waals surface area contributed by atoms with Crippen molar-refractivity contribution in [2.75, 3.05) is 6.54 Å². The van der Waals surface area contributed by atoms with Gasteiger partial charge in [0.25, 0.3) is 0 Å². The number of ether oxygens (including phenoxy) is 1. The highest BCUT2D eigenvalue weighted by atomic mass is 16.6. The van der Waals surface area contributed by atoms with Crippen LogP contribution in [0.4, 0.5) is 4.79 Å². The van der Waals surface area contributed by atoms with E-state index in [2.05, 4.69) is 38.3 Å². The van der Waals surface area contributed by atoms with Gasteiger partial charge in [-0.3, -0.25) is 0 Å². The molecular formula is C16H34N2O2. The number of rotatable bonds is 8. The molecule has 0 fully saturated rings. The van der Waals surface area contributed by atoms with Crippen LogP contribution >= 0.6 is 0 Å². The maximum Gasteiger partial charge on any atom is 0.407 e. The van der Waals surface area contributed by atoms with Crippen molar-refractivity contribution < 1.29 is 9.53 Å². The fourth-order valence-corrected chi connectivity index (χ4v) is 2.02. The maximum absolute atomic E-state index is 11.6. The zero-order valence-electron chi connectivity index (χ0n) is 14.4. The van der Waals surface area contributed by atoms with E-state index in [4.69, 9.17) is 4.74 Å². The van der Waals surface area contributed by atoms with Gasteiger partial charge >= 0.3 is 6.09 Å². The van der Waals surface area contributed by atoms with Crippen LogP contribution in [0.15, 0.2) is 0 Å². The molecule has 0 radical (unpaired) electrons. The molecule has 0 aliphatic rings. The lowest BCUT2D eigenvalue weighted by Crippen LogP contribution is -2.45. The Morgan fingerprint density at radius 1 is 1.15 bits per heavy atom. The van der Waals surface area contributed by atoms with Gasteiger partial charge in [-0.1, -0.05) is 27.2 Å². The zero-order valence-corrected chi connectivity index (χ0v) is 14.4. The first-order chi connectivity index (χ1) is 9.17. The quantitative estimate of drug-likeness (QED) is 0.715. The predicted molar refractivity (Wildman–Crippen MR) is 85.0 cm³/mol. The third-order valence-electron chi connectivity index (χ3n) is 3.35. The van der Waals surface area contributed by atoms with Crippen LogP contribution < -0.4 is 10.6 Å². The van der Waals surface area contributed by atoms with Crippen molar-refractivity contribution in [1.82, 2.24) is 10.6 Å². The van der Waals surface area contributed by atoms with E-state index in [1.807, 2.05) is 20.8 Å². The molecule has 4 heteroatoms. The van der Waals surface area contributed by atoms with E-state index in [1.54, 1.807) is 0 Å². The molecule has 120 valence electrons. The number of alkyl carbamates (subject to hydrolysis) is 1. The topological polar surface area (TPSA) is 50.4 Å². The molecule has 0 spiro atoms. The van der Waals surface area contributed by atoms with Crippen LogP contribution in [-0.2, 0) is 4.74 Å². The summed E-state index contributed by atoms with van der Waals surface area (Å²) in [5.74, 6) is 0.735. The molecule has 0 aromatic carbocycles. The minimum absolute atomic E-state index is 0.247. The van der Waals surface area contributed by atoms with Crippen LogP contribution in [-0.4, -0.2) is 30.3 Å². The summed E-state index contributed by atoms with van der Waals surface area (Å²) >= 11 is 0. The molecule has 0 saturated carbocycles. The van der Waals surface area contributed by atoms with Crippen molar-refractivity contribution in [2.24, 2.45) is 5.92 Å². The van der Waals surface area contributed by atoms with E-state index >= 15 is 0 Å². The average Bonchev–Trinajstić information content (AvgIpc) is 2.33. The number of carbonyl (C=O) groups excluding carboxylic acids is 1. The van der Waals surface area contributed by atoms with E-state index in [0.717, 1.165) is 12.3 Å². The number of nitrogens with one attached hydrogen (secondary N) is 2. The molecule has 0 heterocycles. The number of amides is 1. The van der Waals surface area contributed by atoms with Gasteiger partial charge in [-0.15, -0.1) is 0 Å². The smallest absolute Gasteiger partial charge is 0.407 e. The summed E-state index contributed by atoms with van der Waals surface area (Å²) in [5, 5.41) is 6.39. The summed E-state index contributed by atoms with van der Waals surface area (Å²) in [5.41, 5.74) is -0.441. The Kier molecular flexibility index (Phi) is 8.86. The lowest BCUT2D eigenvalue weighted by atomic mass is 9.97. The predicted octanol–water partition coefficient (Wildman–Crippen LogP) is 3.70. The Hall–Kier alpha value is -0.770. The molecule has 0 aliphatic heterocycles. The Morgan fingerprint density at radius 3 is 2.20 bits per heavy atom. The second-order valence-electron chi connectivity index (χ2n) is 6.80. The van der Waals surface area contributed by atoms with Gasteiger partial charge in [0.1, 0.15) is 5.60 Å². The highest BCUT2D eigenvalue weighted by molar-refractivity contribution is 5.67. The highest BCUT2D eigenvalue weighted by Gasteiger charge is 2.17. The van der Waals surface area contributed by atoms with Crippen molar-refractivity contribution in [3.8, 4) is 0 Å². The van der Waals surface area contributed by atoms with E-state index in [-0.39, 0.29) is 12.1 Å². The molecular weight excluding hydrogens is 252 g/mol. The van der Waals surface area contributed by atoms with Gasteiger partial charge < -0.3 is 15.4 Å². The molecule has 2 N–H and O–H groups in total. The minimum Gasteiger partial charge on any atom is -0.444 e. The third kappa shape index (κ3) is 10.1. The van der Waals surface area contributed by atoms with Gasteiger partial charge in [0.05, 0.1) is 0 Å². The Balaban J connectivity index is 4.02. The van der Waals surface area contributed by atoms with Crippen LogP contribution in [0.3, 0.4) is 0 Å². The summed E-state index contributed by atoms with van der Waals surface area (Å²) in [6, 6.07) is 0.761. The first-order valence-electron chi connectivity index (χ1n) is 7.90. The van der Waals surface area contributed by atoms with E-state index in [0.29, 0.717) is 12.6 Å². The van der Waals surface area contributed by atoms with E-state index in [1.165, 1.54) is 12.8 Å². The number of hydrogen-bond acceptors (Lipinski definition) is 3. The summed E-state index contributed by atoms with van der Waals surface area (Å²) in [4.78, 5) is 11.6. The SMILES string of the molecule is CCC(C)CC(CC)NC(C)CNC(=O)OC(C)(C)C. The fourth-order valence-electron chi connectivity index (χ4n) is 2.02. The summed E-state index contributed by atoms with van der Waals surface area (Å²) in [7, 11) is 0. The van der Waals surface area contributed by atoms with Crippen molar-refractivity contribution in [1.29, 1.82) is 0 Å². The molecule has 0 aromatic heterocycles. The Morgan fingerprint density at radius 2 is 1.75 bits per heavy atom. The standard InChI is InChI=1S/C16H34N2O2/c1-8-12(3)10-14(9-2)18-13(4)11-17-15(19)20-16(5,6)7/h12-14,18H,8-11H2,1-7H3,(H,17,19). The Labute approximate surface area is 125 Å². The van der Waals surface area contributed by atoms with Crippen molar-refractivity contribution >= 4 is 6.09 Å². The molecule has 3 unspecified atom stereocenters. The molecule has 0 aromatic rings. The normalized spacial score (nSPS) is 16.4. The van der Waals surface area contributed by atoms with Gasteiger partial charge in [0.15, 0.2) is 0 Å². The zero-order chi connectivity index (χ0) is 15.8. The van der Waals surface area contributed by atoms with E-state index in [9.17, 15) is 4.79 Å². The molecule has 0 aliphatic carbocycles. The molecule has 4 nitrogen and oxygen atoms in total. The van der Waals surface area contributed by atoms with Gasteiger partial charge in [-0.2, -0.15) is 0 Å². The maximum atomic E-state index is 11.6. The van der Waals surface area contributed by atoms with Gasteiger partial charge in [0.2, 0.25) is 0 Å². The fraction of sp³-hybridized carbons (Fsp3) is 0.938. The molecule has 1 amide bonds. The second kappa shape index (κ2) is 9.22. The van der Waals surface area contributed by atoms with Crippen LogP contribution in [0, 0.1) is 5.92 Å². The molecule has 0 bridgehead atoms. The lowest BCUT2D eigenvalue weighted by Gasteiger charge is -2.25. The van der Waals surface area contributed by atoms with Crippen molar-refractivity contribution in [3.63, 3.8) is 0 Å². The monoisotopic (exact) mass is 286 g/mol. The number of hydrogen-bond donors (Lipinski definition) is 2. The molecule has 0 saturated heterocycles. The average molecular weight is 286 g/mol. The summed E-state index contributed by atoms with van der Waals surface area (Å²) in [6.07, 6.45) is 3.16. The first-order valence-corrected chi connectivity index (χ1v) is 7.90. The van der Waals surface area contributed by atoms with Crippen LogP contribution in [0.5, 0.6) is 0 Å².